The number of nitrogens with one attached hydrogen (secondary N) is 1. The van der Waals surface area contributed by atoms with Crippen LogP contribution in [0.15, 0.2) is 46.9 Å². The van der Waals surface area contributed by atoms with Crippen LogP contribution in [-0.4, -0.2) is 5.91 Å². The Morgan fingerprint density at radius 3 is 2.52 bits per heavy atom. The summed E-state index contributed by atoms with van der Waals surface area (Å²) in [6.07, 6.45) is 1.03. The van der Waals surface area contributed by atoms with Gasteiger partial charge in [-0.05, 0) is 65.3 Å². The second-order valence-electron chi connectivity index (χ2n) is 4.91. The molecule has 1 unspecified atom stereocenters. The van der Waals surface area contributed by atoms with E-state index in [2.05, 4.69) is 75.0 Å². The van der Waals surface area contributed by atoms with Gasteiger partial charge in [0.2, 0.25) is 0 Å². The molecule has 0 spiro atoms. The van der Waals surface area contributed by atoms with Gasteiger partial charge in [-0.15, -0.1) is 0 Å². The van der Waals surface area contributed by atoms with Crippen LogP contribution in [0.4, 0.5) is 0 Å². The van der Waals surface area contributed by atoms with Gasteiger partial charge < -0.3 is 5.32 Å². The first-order valence-corrected chi connectivity index (χ1v) is 8.73. The summed E-state index contributed by atoms with van der Waals surface area (Å²) in [6.45, 7) is 4.14. The fourth-order valence-electron chi connectivity index (χ4n) is 2.07. The molecule has 0 aliphatic carbocycles. The van der Waals surface area contributed by atoms with E-state index in [1.54, 1.807) is 0 Å². The van der Waals surface area contributed by atoms with E-state index in [-0.39, 0.29) is 11.9 Å². The van der Waals surface area contributed by atoms with Crippen LogP contribution in [0.2, 0.25) is 0 Å². The predicted octanol–water partition coefficient (Wildman–Crippen LogP) is 5.11. The largest absolute Gasteiger partial charge is 0.345 e. The van der Waals surface area contributed by atoms with Crippen molar-refractivity contribution in [3.8, 4) is 0 Å². The van der Waals surface area contributed by atoms with Gasteiger partial charge in [0.25, 0.3) is 5.91 Å². The van der Waals surface area contributed by atoms with Crippen molar-refractivity contribution in [3.63, 3.8) is 0 Å². The number of rotatable bonds is 4. The Morgan fingerprint density at radius 2 is 1.90 bits per heavy atom. The molecule has 1 atom stereocenters. The van der Waals surface area contributed by atoms with Gasteiger partial charge >= 0.3 is 0 Å². The number of carbonyl (C=O) groups is 1. The molecule has 2 aromatic rings. The summed E-state index contributed by atoms with van der Waals surface area (Å²) in [5.41, 5.74) is 3.12. The standard InChI is InChI=1S/C17H17BrINO/c1-3-12-4-6-13(7-5-12)11(2)20-17(21)15-10-14(18)8-9-16(15)19/h4-11H,3H2,1-2H3,(H,20,21). The number of halogens is 2. The van der Waals surface area contributed by atoms with Crippen molar-refractivity contribution in [2.24, 2.45) is 0 Å². The highest BCUT2D eigenvalue weighted by Crippen LogP contribution is 2.20. The van der Waals surface area contributed by atoms with Crippen molar-refractivity contribution in [2.45, 2.75) is 26.3 Å². The van der Waals surface area contributed by atoms with Crippen molar-refractivity contribution in [1.82, 2.24) is 5.32 Å². The summed E-state index contributed by atoms with van der Waals surface area (Å²) in [7, 11) is 0. The molecule has 0 saturated carbocycles. The smallest absolute Gasteiger partial charge is 0.252 e. The van der Waals surface area contributed by atoms with Crippen molar-refractivity contribution in [1.29, 1.82) is 0 Å². The Balaban J connectivity index is 2.12. The van der Waals surface area contributed by atoms with Crippen LogP contribution >= 0.6 is 38.5 Å². The average molecular weight is 458 g/mol. The molecule has 0 heterocycles. The molecule has 0 aromatic heterocycles. The fourth-order valence-corrected chi connectivity index (χ4v) is 3.01. The van der Waals surface area contributed by atoms with Crippen LogP contribution in [0.5, 0.6) is 0 Å². The molecule has 0 bridgehead atoms. The molecule has 0 fully saturated rings. The normalized spacial score (nSPS) is 12.0. The highest BCUT2D eigenvalue weighted by atomic mass is 127. The molecule has 21 heavy (non-hydrogen) atoms. The Labute approximate surface area is 147 Å². The minimum absolute atomic E-state index is 0.0156. The predicted molar refractivity (Wildman–Crippen MR) is 98.6 cm³/mol. The summed E-state index contributed by atoms with van der Waals surface area (Å²) in [4.78, 5) is 12.4. The molecule has 2 aromatic carbocycles. The van der Waals surface area contributed by atoms with Gasteiger partial charge in [-0.3, -0.25) is 4.79 Å². The molecule has 4 heteroatoms. The average Bonchev–Trinajstić information content (AvgIpc) is 2.49. The lowest BCUT2D eigenvalue weighted by molar-refractivity contribution is 0.0939. The lowest BCUT2D eigenvalue weighted by atomic mass is 10.0. The number of aryl methyl sites for hydroxylation is 1. The first-order chi connectivity index (χ1) is 10.0. The third kappa shape index (κ3) is 4.30. The molecule has 2 rings (SSSR count). The maximum atomic E-state index is 12.4. The number of carbonyl (C=O) groups excluding carboxylic acids is 1. The minimum atomic E-state index is -0.0484. The second kappa shape index (κ2) is 7.40. The molecule has 0 aliphatic heterocycles. The van der Waals surface area contributed by atoms with E-state index >= 15 is 0 Å². The minimum Gasteiger partial charge on any atom is -0.345 e. The Kier molecular flexibility index (Phi) is 5.81. The zero-order chi connectivity index (χ0) is 15.4. The van der Waals surface area contributed by atoms with Crippen molar-refractivity contribution in [3.05, 3.63) is 67.2 Å². The zero-order valence-corrected chi connectivity index (χ0v) is 15.7. The van der Waals surface area contributed by atoms with E-state index < -0.39 is 0 Å². The molecule has 0 saturated heterocycles. The summed E-state index contributed by atoms with van der Waals surface area (Å²) in [5, 5.41) is 3.05. The van der Waals surface area contributed by atoms with Gasteiger partial charge in [0.05, 0.1) is 11.6 Å². The molecule has 0 radical (unpaired) electrons. The van der Waals surface area contributed by atoms with Gasteiger partial charge in [0, 0.05) is 8.04 Å². The SMILES string of the molecule is CCc1ccc(C(C)NC(=O)c2cc(Br)ccc2I)cc1. The highest BCUT2D eigenvalue weighted by Gasteiger charge is 2.14. The summed E-state index contributed by atoms with van der Waals surface area (Å²) in [5.74, 6) is -0.0484. The quantitative estimate of drug-likeness (QED) is 0.635. The highest BCUT2D eigenvalue weighted by molar-refractivity contribution is 14.1. The van der Waals surface area contributed by atoms with E-state index in [1.165, 1.54) is 5.56 Å². The van der Waals surface area contributed by atoms with Crippen molar-refractivity contribution in [2.75, 3.05) is 0 Å². The molecule has 1 amide bonds. The van der Waals surface area contributed by atoms with Crippen molar-refractivity contribution < 1.29 is 4.79 Å². The summed E-state index contributed by atoms with van der Waals surface area (Å²) >= 11 is 5.59. The third-order valence-electron chi connectivity index (χ3n) is 3.41. The first-order valence-electron chi connectivity index (χ1n) is 6.86. The Bertz CT molecular complexity index is 640. The first kappa shape index (κ1) is 16.5. The molecule has 0 aliphatic rings. The van der Waals surface area contributed by atoms with Crippen molar-refractivity contribution >= 4 is 44.4 Å². The van der Waals surface area contributed by atoms with Gasteiger partial charge in [-0.25, -0.2) is 0 Å². The number of amides is 1. The number of hydrogen-bond donors (Lipinski definition) is 1. The maximum Gasteiger partial charge on any atom is 0.252 e. The van der Waals surface area contributed by atoms with Crippen LogP contribution in [0.3, 0.4) is 0 Å². The van der Waals surface area contributed by atoms with E-state index in [9.17, 15) is 4.79 Å². The molecule has 1 N–H and O–H groups in total. The summed E-state index contributed by atoms with van der Waals surface area (Å²) < 4.78 is 1.86. The van der Waals surface area contributed by atoms with E-state index in [0.717, 1.165) is 20.0 Å². The van der Waals surface area contributed by atoms with Gasteiger partial charge in [-0.1, -0.05) is 47.1 Å². The third-order valence-corrected chi connectivity index (χ3v) is 4.84. The number of benzene rings is 2. The van der Waals surface area contributed by atoms with Crippen LogP contribution in [-0.2, 0) is 6.42 Å². The van der Waals surface area contributed by atoms with Crippen LogP contribution in [0.25, 0.3) is 0 Å². The van der Waals surface area contributed by atoms with Gasteiger partial charge in [0.15, 0.2) is 0 Å². The van der Waals surface area contributed by atoms with E-state index in [1.807, 2.05) is 25.1 Å². The lowest BCUT2D eigenvalue weighted by Gasteiger charge is -2.15. The van der Waals surface area contributed by atoms with E-state index in [4.69, 9.17) is 0 Å². The molecular formula is C17H17BrINO. The number of hydrogen-bond acceptors (Lipinski definition) is 1. The van der Waals surface area contributed by atoms with Crippen LogP contribution in [0.1, 0.15) is 41.4 Å². The second-order valence-corrected chi connectivity index (χ2v) is 6.99. The maximum absolute atomic E-state index is 12.4. The van der Waals surface area contributed by atoms with Gasteiger partial charge in [0.1, 0.15) is 0 Å². The zero-order valence-electron chi connectivity index (χ0n) is 12.0. The Morgan fingerprint density at radius 1 is 1.24 bits per heavy atom. The van der Waals surface area contributed by atoms with Crippen LogP contribution < -0.4 is 5.32 Å². The topological polar surface area (TPSA) is 29.1 Å². The van der Waals surface area contributed by atoms with E-state index in [0.29, 0.717) is 5.56 Å². The lowest BCUT2D eigenvalue weighted by Crippen LogP contribution is -2.27. The van der Waals surface area contributed by atoms with Crippen LogP contribution in [0, 0.1) is 3.57 Å². The molecule has 2 nitrogen and oxygen atoms in total. The monoisotopic (exact) mass is 457 g/mol. The molecule has 110 valence electrons. The van der Waals surface area contributed by atoms with Gasteiger partial charge in [-0.2, -0.15) is 0 Å². The fraction of sp³-hybridized carbons (Fsp3) is 0.235. The molecular weight excluding hydrogens is 441 g/mol. The summed E-state index contributed by atoms with van der Waals surface area (Å²) in [6, 6.07) is 14.1. The Hall–Kier alpha value is -0.880.